The SMILES string of the molecule is CCNC(=N)c1ccc(OCc2cc(C)cc(COc3ccc(C(=N)NCC)cc3OC)c2)c(OC)c1. The predicted octanol–water partition coefficient (Wildman–Crippen LogP) is 5.04. The molecule has 0 radical (unpaired) electrons. The third kappa shape index (κ3) is 7.39. The van der Waals surface area contributed by atoms with Crippen molar-refractivity contribution in [3.8, 4) is 23.0 Å². The van der Waals surface area contributed by atoms with Gasteiger partial charge in [-0.3, -0.25) is 10.8 Å². The lowest BCUT2D eigenvalue weighted by Crippen LogP contribution is -2.22. The van der Waals surface area contributed by atoms with Gasteiger partial charge in [0.25, 0.3) is 0 Å². The third-order valence-corrected chi connectivity index (χ3v) is 5.60. The van der Waals surface area contributed by atoms with Crippen LogP contribution in [0.5, 0.6) is 23.0 Å². The van der Waals surface area contributed by atoms with E-state index in [1.165, 1.54) is 0 Å². The molecule has 0 aliphatic carbocycles. The van der Waals surface area contributed by atoms with Gasteiger partial charge in [-0.15, -0.1) is 0 Å². The van der Waals surface area contributed by atoms with Crippen molar-refractivity contribution in [2.45, 2.75) is 34.0 Å². The summed E-state index contributed by atoms with van der Waals surface area (Å²) in [6.07, 6.45) is 0. The Bertz CT molecular complexity index is 1150. The van der Waals surface area contributed by atoms with E-state index in [1.807, 2.05) is 45.0 Å². The highest BCUT2D eigenvalue weighted by Crippen LogP contribution is 2.30. The van der Waals surface area contributed by atoms with E-state index in [0.717, 1.165) is 27.8 Å². The number of amidine groups is 2. The topological polar surface area (TPSA) is 109 Å². The van der Waals surface area contributed by atoms with Gasteiger partial charge in [0.15, 0.2) is 23.0 Å². The lowest BCUT2D eigenvalue weighted by molar-refractivity contribution is 0.279. The number of methoxy groups -OCH3 is 2. The average molecular weight is 505 g/mol. The molecule has 0 spiro atoms. The first kappa shape index (κ1) is 27.4. The average Bonchev–Trinajstić information content (AvgIpc) is 2.90. The molecule has 0 bridgehead atoms. The van der Waals surface area contributed by atoms with Crippen LogP contribution in [0.25, 0.3) is 0 Å². The lowest BCUT2D eigenvalue weighted by atomic mass is 10.1. The van der Waals surface area contributed by atoms with Crippen molar-refractivity contribution in [3.05, 3.63) is 82.4 Å². The molecular formula is C29H36N4O4. The predicted molar refractivity (Wildman–Crippen MR) is 147 cm³/mol. The van der Waals surface area contributed by atoms with Crippen molar-refractivity contribution >= 4 is 11.7 Å². The molecule has 0 saturated carbocycles. The Hall–Kier alpha value is -4.20. The summed E-state index contributed by atoms with van der Waals surface area (Å²) in [6.45, 7) is 8.02. The van der Waals surface area contributed by atoms with Gasteiger partial charge in [-0.1, -0.05) is 17.7 Å². The molecule has 3 aromatic rings. The minimum absolute atomic E-state index is 0.345. The molecule has 8 heteroatoms. The van der Waals surface area contributed by atoms with Crippen LogP contribution in [0.15, 0.2) is 54.6 Å². The van der Waals surface area contributed by atoms with Gasteiger partial charge in [0.1, 0.15) is 24.9 Å². The second-order valence-corrected chi connectivity index (χ2v) is 8.45. The maximum atomic E-state index is 8.09. The molecule has 0 heterocycles. The van der Waals surface area contributed by atoms with Crippen LogP contribution >= 0.6 is 0 Å². The van der Waals surface area contributed by atoms with Gasteiger partial charge in [0, 0.05) is 24.2 Å². The lowest BCUT2D eigenvalue weighted by Gasteiger charge is -2.15. The molecule has 0 aliphatic heterocycles. The summed E-state index contributed by atoms with van der Waals surface area (Å²) in [5.41, 5.74) is 4.59. The minimum atomic E-state index is 0.345. The molecule has 3 aromatic carbocycles. The van der Waals surface area contributed by atoms with E-state index in [2.05, 4.69) is 28.8 Å². The zero-order chi connectivity index (χ0) is 26.8. The highest BCUT2D eigenvalue weighted by molar-refractivity contribution is 5.97. The van der Waals surface area contributed by atoms with Gasteiger partial charge in [0.2, 0.25) is 0 Å². The fourth-order valence-corrected chi connectivity index (χ4v) is 3.88. The summed E-state index contributed by atoms with van der Waals surface area (Å²) in [5, 5.41) is 22.2. The van der Waals surface area contributed by atoms with Gasteiger partial charge in [-0.25, -0.2) is 0 Å². The molecule has 0 aromatic heterocycles. The maximum Gasteiger partial charge on any atom is 0.161 e. The van der Waals surface area contributed by atoms with Gasteiger partial charge < -0.3 is 29.6 Å². The van der Waals surface area contributed by atoms with E-state index in [4.69, 9.17) is 29.8 Å². The molecule has 3 rings (SSSR count). The van der Waals surface area contributed by atoms with Crippen LogP contribution in [0, 0.1) is 17.7 Å². The van der Waals surface area contributed by atoms with Gasteiger partial charge in [-0.05, 0) is 74.4 Å². The highest BCUT2D eigenvalue weighted by Gasteiger charge is 2.11. The molecule has 0 aliphatic rings. The maximum absolute atomic E-state index is 8.09. The summed E-state index contributed by atoms with van der Waals surface area (Å²) >= 11 is 0. The van der Waals surface area contributed by atoms with Crippen molar-refractivity contribution in [2.24, 2.45) is 0 Å². The van der Waals surface area contributed by atoms with Crippen LogP contribution in [0.4, 0.5) is 0 Å². The molecule has 0 amide bonds. The fraction of sp³-hybridized carbons (Fsp3) is 0.310. The van der Waals surface area contributed by atoms with Crippen molar-refractivity contribution in [1.29, 1.82) is 10.8 Å². The summed E-state index contributed by atoms with van der Waals surface area (Å²) < 4.78 is 23.1. The number of nitrogens with one attached hydrogen (secondary N) is 4. The monoisotopic (exact) mass is 504 g/mol. The van der Waals surface area contributed by atoms with Crippen LogP contribution in [0.2, 0.25) is 0 Å². The summed E-state index contributed by atoms with van der Waals surface area (Å²) in [4.78, 5) is 0. The molecular weight excluding hydrogens is 468 g/mol. The van der Waals surface area contributed by atoms with Gasteiger partial charge >= 0.3 is 0 Å². The summed E-state index contributed by atoms with van der Waals surface area (Å²) in [6, 6.07) is 17.1. The van der Waals surface area contributed by atoms with Crippen LogP contribution < -0.4 is 29.6 Å². The van der Waals surface area contributed by atoms with E-state index in [9.17, 15) is 0 Å². The molecule has 0 atom stereocenters. The number of benzene rings is 3. The smallest absolute Gasteiger partial charge is 0.161 e. The Morgan fingerprint density at radius 2 is 1.08 bits per heavy atom. The van der Waals surface area contributed by atoms with Crippen LogP contribution in [0.1, 0.15) is 41.7 Å². The Kier molecular flexibility index (Phi) is 9.77. The first-order chi connectivity index (χ1) is 17.9. The summed E-state index contributed by atoms with van der Waals surface area (Å²) in [5.74, 6) is 3.07. The van der Waals surface area contributed by atoms with Gasteiger partial charge in [0.05, 0.1) is 14.2 Å². The number of aryl methyl sites for hydroxylation is 1. The summed E-state index contributed by atoms with van der Waals surface area (Å²) in [7, 11) is 3.18. The number of ether oxygens (including phenoxy) is 4. The highest BCUT2D eigenvalue weighted by atomic mass is 16.5. The minimum Gasteiger partial charge on any atom is -0.493 e. The molecule has 37 heavy (non-hydrogen) atoms. The quantitative estimate of drug-likeness (QED) is 0.203. The zero-order valence-corrected chi connectivity index (χ0v) is 22.2. The third-order valence-electron chi connectivity index (χ3n) is 5.60. The first-order valence-electron chi connectivity index (χ1n) is 12.2. The fourth-order valence-electron chi connectivity index (χ4n) is 3.88. The van der Waals surface area contributed by atoms with E-state index >= 15 is 0 Å². The van der Waals surface area contributed by atoms with Crippen molar-refractivity contribution in [3.63, 3.8) is 0 Å². The second-order valence-electron chi connectivity index (χ2n) is 8.45. The largest absolute Gasteiger partial charge is 0.493 e. The second kappa shape index (κ2) is 13.2. The number of hydrogen-bond donors (Lipinski definition) is 4. The Morgan fingerprint density at radius 1 is 0.649 bits per heavy atom. The van der Waals surface area contributed by atoms with E-state index in [-0.39, 0.29) is 0 Å². The molecule has 8 nitrogen and oxygen atoms in total. The van der Waals surface area contributed by atoms with E-state index < -0.39 is 0 Å². The normalized spacial score (nSPS) is 10.4. The Balaban J connectivity index is 1.69. The number of hydrogen-bond acceptors (Lipinski definition) is 6. The first-order valence-corrected chi connectivity index (χ1v) is 12.2. The molecule has 0 fully saturated rings. The van der Waals surface area contributed by atoms with Crippen LogP contribution in [-0.2, 0) is 13.2 Å². The van der Waals surface area contributed by atoms with Crippen molar-refractivity contribution in [2.75, 3.05) is 27.3 Å². The van der Waals surface area contributed by atoms with Crippen LogP contribution in [0.3, 0.4) is 0 Å². The molecule has 196 valence electrons. The molecule has 0 saturated heterocycles. The standard InChI is InChI=1S/C29H36N4O4/c1-6-32-28(30)22-8-10-24(26(15-22)34-4)36-17-20-12-19(3)13-21(14-20)18-37-25-11-9-23(16-27(25)35-5)29(31)33-7-2/h8-16H,6-7,17-18H2,1-5H3,(H2,30,32)(H2,31,33). The number of rotatable bonds is 12. The Morgan fingerprint density at radius 3 is 1.46 bits per heavy atom. The van der Waals surface area contributed by atoms with Crippen LogP contribution in [-0.4, -0.2) is 39.0 Å². The molecule has 0 unspecified atom stereocenters. The van der Waals surface area contributed by atoms with Crippen molar-refractivity contribution < 1.29 is 18.9 Å². The molecule has 4 N–H and O–H groups in total. The van der Waals surface area contributed by atoms with E-state index in [0.29, 0.717) is 61.0 Å². The van der Waals surface area contributed by atoms with E-state index in [1.54, 1.807) is 26.4 Å². The van der Waals surface area contributed by atoms with Gasteiger partial charge in [-0.2, -0.15) is 0 Å². The Labute approximate surface area is 218 Å². The van der Waals surface area contributed by atoms with Crippen molar-refractivity contribution in [1.82, 2.24) is 10.6 Å². The zero-order valence-electron chi connectivity index (χ0n) is 22.2.